The van der Waals surface area contributed by atoms with Gasteiger partial charge in [-0.2, -0.15) is 0 Å². The summed E-state index contributed by atoms with van der Waals surface area (Å²) in [5, 5.41) is 3.66. The lowest BCUT2D eigenvalue weighted by molar-refractivity contribution is 0.263. The highest BCUT2D eigenvalue weighted by Crippen LogP contribution is 2.52. The van der Waals surface area contributed by atoms with Crippen LogP contribution >= 0.6 is 0 Å². The summed E-state index contributed by atoms with van der Waals surface area (Å²) < 4.78 is 0. The molecule has 1 fully saturated rings. The van der Waals surface area contributed by atoms with E-state index in [9.17, 15) is 0 Å². The normalized spacial score (nSPS) is 27.6. The Balaban J connectivity index is 1.50. The molecule has 0 aromatic carbocycles. The second-order valence-corrected chi connectivity index (χ2v) is 6.69. The van der Waals surface area contributed by atoms with Crippen LogP contribution in [0.25, 0.3) is 0 Å². The zero-order valence-electron chi connectivity index (χ0n) is 12.9. The number of rotatable bonds is 4. The molecule has 1 unspecified atom stereocenters. The number of aromatic nitrogens is 2. The van der Waals surface area contributed by atoms with E-state index in [2.05, 4.69) is 33.2 Å². The Labute approximate surface area is 126 Å². The molecule has 0 bridgehead atoms. The largest absolute Gasteiger partial charge is 0.369 e. The van der Waals surface area contributed by atoms with Crippen LogP contribution in [0.15, 0.2) is 18.0 Å². The number of nitrogens with one attached hydrogen (secondary N) is 1. The van der Waals surface area contributed by atoms with E-state index in [1.54, 1.807) is 11.9 Å². The van der Waals surface area contributed by atoms with Crippen molar-refractivity contribution >= 4 is 5.82 Å². The van der Waals surface area contributed by atoms with Crippen molar-refractivity contribution in [2.45, 2.75) is 45.6 Å². The Kier molecular flexibility index (Phi) is 3.21. The Morgan fingerprint density at radius 3 is 3.05 bits per heavy atom. The lowest BCUT2D eigenvalue weighted by Gasteiger charge is -2.38. The molecule has 0 spiro atoms. The molecule has 0 amide bonds. The number of allylic oxidation sites excluding steroid dienone is 1. The lowest BCUT2D eigenvalue weighted by atomic mass is 9.70. The van der Waals surface area contributed by atoms with Crippen molar-refractivity contribution in [1.82, 2.24) is 14.9 Å². The van der Waals surface area contributed by atoms with Gasteiger partial charge < -0.3 is 5.32 Å². The summed E-state index contributed by atoms with van der Waals surface area (Å²) in [6.45, 7) is 6.47. The van der Waals surface area contributed by atoms with Gasteiger partial charge in [0.05, 0.1) is 5.69 Å². The maximum atomic E-state index is 4.52. The smallest absolute Gasteiger partial charge is 0.132 e. The molecule has 112 valence electrons. The second-order valence-electron chi connectivity index (χ2n) is 6.69. The summed E-state index contributed by atoms with van der Waals surface area (Å²) >= 11 is 0. The van der Waals surface area contributed by atoms with Gasteiger partial charge in [-0.25, -0.2) is 9.97 Å². The molecule has 1 N–H and O–H groups in total. The summed E-state index contributed by atoms with van der Waals surface area (Å²) in [6.07, 6.45) is 10.5. The van der Waals surface area contributed by atoms with Crippen LogP contribution < -0.4 is 5.32 Å². The van der Waals surface area contributed by atoms with Crippen molar-refractivity contribution in [3.63, 3.8) is 0 Å². The van der Waals surface area contributed by atoms with Gasteiger partial charge in [0.15, 0.2) is 0 Å². The van der Waals surface area contributed by atoms with Crippen LogP contribution in [-0.2, 0) is 13.0 Å². The number of anilines is 1. The monoisotopic (exact) mass is 284 g/mol. The summed E-state index contributed by atoms with van der Waals surface area (Å²) in [6, 6.07) is 0. The van der Waals surface area contributed by atoms with Crippen molar-refractivity contribution in [3.8, 4) is 0 Å². The molecule has 21 heavy (non-hydrogen) atoms. The molecule has 3 aliphatic rings. The zero-order valence-corrected chi connectivity index (χ0v) is 12.9. The topological polar surface area (TPSA) is 41.1 Å². The molecule has 0 radical (unpaired) electrons. The molecule has 4 rings (SSSR count). The Morgan fingerprint density at radius 1 is 1.33 bits per heavy atom. The van der Waals surface area contributed by atoms with Crippen LogP contribution in [0.2, 0.25) is 0 Å². The van der Waals surface area contributed by atoms with E-state index in [1.165, 1.54) is 36.9 Å². The van der Waals surface area contributed by atoms with Gasteiger partial charge in [0.2, 0.25) is 0 Å². The zero-order chi connectivity index (χ0) is 14.3. The van der Waals surface area contributed by atoms with Crippen molar-refractivity contribution in [1.29, 1.82) is 0 Å². The standard InChI is InChI=1S/C17H24N4/c1-2-21-9-6-14-15(10-21)19-12-20-16(14)18-11-17-7-3-4-13(17)5-8-17/h5,12H,2-4,6-11H2,1H3,(H,18,19,20). The van der Waals surface area contributed by atoms with E-state index in [0.717, 1.165) is 38.4 Å². The number of hydrogen-bond acceptors (Lipinski definition) is 4. The molecular formula is C17H24N4. The van der Waals surface area contributed by atoms with E-state index < -0.39 is 0 Å². The number of likely N-dealkylation sites (N-methyl/N-ethyl adjacent to an activating group) is 1. The minimum Gasteiger partial charge on any atom is -0.369 e. The summed E-state index contributed by atoms with van der Waals surface area (Å²) in [5.41, 5.74) is 4.72. The first-order valence-corrected chi connectivity index (χ1v) is 8.29. The molecule has 1 aliphatic heterocycles. The second kappa shape index (κ2) is 5.09. The van der Waals surface area contributed by atoms with Crippen molar-refractivity contribution in [3.05, 3.63) is 29.2 Å². The van der Waals surface area contributed by atoms with Crippen LogP contribution in [0.5, 0.6) is 0 Å². The van der Waals surface area contributed by atoms with Crippen LogP contribution in [0.1, 0.15) is 43.9 Å². The number of hydrogen-bond donors (Lipinski definition) is 1. The van der Waals surface area contributed by atoms with Gasteiger partial charge in [-0.1, -0.05) is 18.6 Å². The SMILES string of the molecule is CCN1CCc2c(ncnc2NCC23CC=C2CCC3)C1. The molecule has 1 aromatic heterocycles. The third-order valence-corrected chi connectivity index (χ3v) is 5.65. The number of fused-ring (bicyclic) bond motifs is 2. The van der Waals surface area contributed by atoms with E-state index in [4.69, 9.17) is 0 Å². The third-order valence-electron chi connectivity index (χ3n) is 5.65. The average Bonchev–Trinajstić information content (AvgIpc) is 2.79. The highest BCUT2D eigenvalue weighted by molar-refractivity contribution is 5.48. The van der Waals surface area contributed by atoms with Crippen molar-refractivity contribution in [2.75, 3.05) is 25.0 Å². The maximum absolute atomic E-state index is 4.52. The third kappa shape index (κ3) is 2.16. The van der Waals surface area contributed by atoms with Crippen molar-refractivity contribution < 1.29 is 0 Å². The van der Waals surface area contributed by atoms with Gasteiger partial charge in [-0.05, 0) is 38.6 Å². The molecule has 2 heterocycles. The minimum absolute atomic E-state index is 0.460. The van der Waals surface area contributed by atoms with Crippen LogP contribution in [0, 0.1) is 5.41 Å². The Bertz CT molecular complexity index is 580. The first-order chi connectivity index (χ1) is 10.3. The fourth-order valence-corrected chi connectivity index (χ4v) is 4.14. The van der Waals surface area contributed by atoms with Gasteiger partial charge >= 0.3 is 0 Å². The molecule has 4 heteroatoms. The molecule has 1 aromatic rings. The first kappa shape index (κ1) is 13.3. The predicted octanol–water partition coefficient (Wildman–Crippen LogP) is 2.77. The van der Waals surface area contributed by atoms with E-state index >= 15 is 0 Å². The van der Waals surface area contributed by atoms with Crippen LogP contribution in [-0.4, -0.2) is 34.5 Å². The summed E-state index contributed by atoms with van der Waals surface area (Å²) in [5.74, 6) is 1.09. The quantitative estimate of drug-likeness (QED) is 0.863. The molecule has 4 nitrogen and oxygen atoms in total. The molecule has 1 saturated carbocycles. The van der Waals surface area contributed by atoms with Crippen molar-refractivity contribution in [2.24, 2.45) is 5.41 Å². The minimum atomic E-state index is 0.460. The first-order valence-electron chi connectivity index (χ1n) is 8.29. The lowest BCUT2D eigenvalue weighted by Crippen LogP contribution is -2.35. The average molecular weight is 284 g/mol. The van der Waals surface area contributed by atoms with Gasteiger partial charge in [-0.15, -0.1) is 0 Å². The van der Waals surface area contributed by atoms with Gasteiger partial charge in [0.1, 0.15) is 12.1 Å². The number of nitrogens with zero attached hydrogens (tertiary/aromatic N) is 3. The Hall–Kier alpha value is -1.42. The van der Waals surface area contributed by atoms with Crippen LogP contribution in [0.3, 0.4) is 0 Å². The van der Waals surface area contributed by atoms with E-state index in [-0.39, 0.29) is 0 Å². The highest BCUT2D eigenvalue weighted by Gasteiger charge is 2.42. The van der Waals surface area contributed by atoms with E-state index in [1.807, 2.05) is 0 Å². The van der Waals surface area contributed by atoms with Gasteiger partial charge in [-0.3, -0.25) is 4.90 Å². The van der Waals surface area contributed by atoms with Gasteiger partial charge in [0, 0.05) is 30.6 Å². The molecular weight excluding hydrogens is 260 g/mol. The molecule has 0 saturated heterocycles. The fraction of sp³-hybridized carbons (Fsp3) is 0.647. The predicted molar refractivity (Wildman–Crippen MR) is 84.2 cm³/mol. The summed E-state index contributed by atoms with van der Waals surface area (Å²) in [4.78, 5) is 11.5. The fourth-order valence-electron chi connectivity index (χ4n) is 4.14. The van der Waals surface area contributed by atoms with Crippen LogP contribution in [0.4, 0.5) is 5.82 Å². The van der Waals surface area contributed by atoms with Gasteiger partial charge in [0.25, 0.3) is 0 Å². The highest BCUT2D eigenvalue weighted by atomic mass is 15.1. The van der Waals surface area contributed by atoms with E-state index in [0.29, 0.717) is 5.41 Å². The molecule has 2 aliphatic carbocycles. The maximum Gasteiger partial charge on any atom is 0.132 e. The Morgan fingerprint density at radius 2 is 2.29 bits per heavy atom. The molecule has 1 atom stereocenters. The summed E-state index contributed by atoms with van der Waals surface area (Å²) in [7, 11) is 0.